The predicted octanol–water partition coefficient (Wildman–Crippen LogP) is 4.45. The molecule has 10 heteroatoms. The first-order chi connectivity index (χ1) is 15.8. The molecule has 0 aliphatic heterocycles. The lowest BCUT2D eigenvalue weighted by Crippen LogP contribution is -2.34. The maximum absolute atomic E-state index is 13.2. The molecule has 168 valence electrons. The molecule has 33 heavy (non-hydrogen) atoms. The fourth-order valence-corrected chi connectivity index (χ4v) is 3.95. The number of carbonyl (C=O) groups is 3. The standard InChI is InChI=1S/C23H16Br2FN3O4/c24-17-9-16(21(19(25)11-17)33-23(32)14-5-2-1-3-6-14)12-28-29-20(30)13-27-22(31)15-7-4-8-18(26)10-15/h1-12H,13H2,(H,27,31)(H,29,30). The zero-order valence-corrected chi connectivity index (χ0v) is 20.0. The number of halogens is 3. The Morgan fingerprint density at radius 1 is 0.970 bits per heavy atom. The average molecular weight is 577 g/mol. The van der Waals surface area contributed by atoms with Gasteiger partial charge in [0.1, 0.15) is 5.82 Å². The molecule has 3 rings (SSSR count). The monoisotopic (exact) mass is 575 g/mol. The first-order valence-corrected chi connectivity index (χ1v) is 11.0. The zero-order chi connectivity index (χ0) is 23.8. The van der Waals surface area contributed by atoms with E-state index in [2.05, 4.69) is 47.7 Å². The lowest BCUT2D eigenvalue weighted by atomic mass is 10.2. The van der Waals surface area contributed by atoms with Gasteiger partial charge in [-0.25, -0.2) is 14.6 Å². The summed E-state index contributed by atoms with van der Waals surface area (Å²) in [6.45, 7) is -0.370. The first kappa shape index (κ1) is 24.3. The third kappa shape index (κ3) is 7.06. The van der Waals surface area contributed by atoms with Crippen LogP contribution in [0.3, 0.4) is 0 Å². The van der Waals surface area contributed by atoms with Crippen LogP contribution < -0.4 is 15.5 Å². The number of nitrogens with one attached hydrogen (secondary N) is 2. The van der Waals surface area contributed by atoms with Crippen molar-refractivity contribution in [3.05, 3.63) is 98.2 Å². The van der Waals surface area contributed by atoms with E-state index in [9.17, 15) is 18.8 Å². The smallest absolute Gasteiger partial charge is 0.343 e. The van der Waals surface area contributed by atoms with Gasteiger partial charge in [-0.2, -0.15) is 5.10 Å². The topological polar surface area (TPSA) is 96.9 Å². The van der Waals surface area contributed by atoms with Gasteiger partial charge in [0.25, 0.3) is 11.8 Å². The van der Waals surface area contributed by atoms with Crippen LogP contribution in [-0.2, 0) is 4.79 Å². The molecule has 3 aromatic rings. The lowest BCUT2D eigenvalue weighted by molar-refractivity contribution is -0.120. The van der Waals surface area contributed by atoms with Gasteiger partial charge in [-0.1, -0.05) is 40.2 Å². The summed E-state index contributed by atoms with van der Waals surface area (Å²) in [7, 11) is 0. The van der Waals surface area contributed by atoms with Crippen LogP contribution in [0.1, 0.15) is 26.3 Å². The minimum atomic E-state index is -0.604. The van der Waals surface area contributed by atoms with Crippen LogP contribution in [0.15, 0.2) is 80.8 Å². The van der Waals surface area contributed by atoms with Crippen LogP contribution in [0.2, 0.25) is 0 Å². The largest absolute Gasteiger partial charge is 0.421 e. The minimum Gasteiger partial charge on any atom is -0.421 e. The van der Waals surface area contributed by atoms with E-state index in [1.54, 1.807) is 42.5 Å². The predicted molar refractivity (Wildman–Crippen MR) is 128 cm³/mol. The highest BCUT2D eigenvalue weighted by Gasteiger charge is 2.15. The Labute approximate surface area is 205 Å². The Morgan fingerprint density at radius 2 is 1.70 bits per heavy atom. The molecule has 0 heterocycles. The third-order valence-electron chi connectivity index (χ3n) is 4.13. The summed E-state index contributed by atoms with van der Waals surface area (Å²) >= 11 is 6.71. The number of hydrazone groups is 1. The van der Waals surface area contributed by atoms with Crippen molar-refractivity contribution in [2.75, 3.05) is 6.54 Å². The number of carbonyl (C=O) groups excluding carboxylic acids is 3. The van der Waals surface area contributed by atoms with Crippen molar-refractivity contribution in [1.29, 1.82) is 0 Å². The van der Waals surface area contributed by atoms with Crippen molar-refractivity contribution in [3.63, 3.8) is 0 Å². The maximum atomic E-state index is 13.2. The first-order valence-electron chi connectivity index (χ1n) is 9.45. The van der Waals surface area contributed by atoms with Gasteiger partial charge in [-0.05, 0) is 58.4 Å². The van der Waals surface area contributed by atoms with Crippen molar-refractivity contribution >= 4 is 55.9 Å². The Morgan fingerprint density at radius 3 is 2.42 bits per heavy atom. The van der Waals surface area contributed by atoms with E-state index >= 15 is 0 Å². The maximum Gasteiger partial charge on any atom is 0.343 e. The fourth-order valence-electron chi connectivity index (χ4n) is 2.62. The van der Waals surface area contributed by atoms with Crippen molar-refractivity contribution in [3.8, 4) is 5.75 Å². The van der Waals surface area contributed by atoms with E-state index < -0.39 is 23.6 Å². The summed E-state index contributed by atoms with van der Waals surface area (Å²) in [5.74, 6) is -2.10. The second-order valence-electron chi connectivity index (χ2n) is 6.55. The van der Waals surface area contributed by atoms with Crippen molar-refractivity contribution in [2.45, 2.75) is 0 Å². The Balaban J connectivity index is 1.63. The summed E-state index contributed by atoms with van der Waals surface area (Å²) in [6.07, 6.45) is 1.30. The molecule has 0 bridgehead atoms. The van der Waals surface area contributed by atoms with Crippen LogP contribution in [0.5, 0.6) is 5.75 Å². The van der Waals surface area contributed by atoms with Crippen molar-refractivity contribution in [2.24, 2.45) is 5.10 Å². The quantitative estimate of drug-likeness (QED) is 0.188. The molecule has 0 unspecified atom stereocenters. The van der Waals surface area contributed by atoms with Gasteiger partial charge in [0.05, 0.1) is 22.8 Å². The lowest BCUT2D eigenvalue weighted by Gasteiger charge is -2.10. The molecule has 3 aromatic carbocycles. The number of nitrogens with zero attached hydrogens (tertiary/aromatic N) is 1. The molecular formula is C23H16Br2FN3O4. The average Bonchev–Trinajstić information content (AvgIpc) is 2.80. The van der Waals surface area contributed by atoms with Gasteiger partial charge >= 0.3 is 5.97 Å². The number of ether oxygens (including phenoxy) is 1. The zero-order valence-electron chi connectivity index (χ0n) is 16.8. The van der Waals surface area contributed by atoms with Crippen LogP contribution in [0, 0.1) is 5.82 Å². The van der Waals surface area contributed by atoms with E-state index in [4.69, 9.17) is 4.74 Å². The molecule has 0 aliphatic rings. The third-order valence-corrected chi connectivity index (χ3v) is 5.18. The summed E-state index contributed by atoms with van der Waals surface area (Å²) in [5, 5.41) is 6.23. The van der Waals surface area contributed by atoms with Crippen LogP contribution >= 0.6 is 31.9 Å². The number of amides is 2. The second kappa shape index (κ2) is 11.5. The number of esters is 1. The molecule has 0 radical (unpaired) electrons. The van der Waals surface area contributed by atoms with Crippen molar-refractivity contribution in [1.82, 2.24) is 10.7 Å². The molecule has 0 saturated heterocycles. The number of rotatable bonds is 7. The van der Waals surface area contributed by atoms with Gasteiger partial charge in [0.2, 0.25) is 0 Å². The Kier molecular flexibility index (Phi) is 8.45. The van der Waals surface area contributed by atoms with E-state index in [-0.39, 0.29) is 17.9 Å². The van der Waals surface area contributed by atoms with E-state index in [1.165, 1.54) is 24.4 Å². The molecule has 0 spiro atoms. The molecule has 0 aliphatic carbocycles. The van der Waals surface area contributed by atoms with Crippen LogP contribution in [0.25, 0.3) is 0 Å². The van der Waals surface area contributed by atoms with Gasteiger partial charge in [0.15, 0.2) is 5.75 Å². The number of hydrogen-bond acceptors (Lipinski definition) is 5. The van der Waals surface area contributed by atoms with Gasteiger partial charge < -0.3 is 10.1 Å². The van der Waals surface area contributed by atoms with Crippen LogP contribution in [-0.4, -0.2) is 30.5 Å². The summed E-state index contributed by atoms with van der Waals surface area (Å²) < 4.78 is 19.9. The highest BCUT2D eigenvalue weighted by molar-refractivity contribution is 9.11. The second-order valence-corrected chi connectivity index (χ2v) is 8.32. The van der Waals surface area contributed by atoms with E-state index in [1.807, 2.05) is 0 Å². The molecule has 0 atom stereocenters. The Hall–Kier alpha value is -3.37. The molecule has 2 N–H and O–H groups in total. The SMILES string of the molecule is O=C(CNC(=O)c1cccc(F)c1)NN=Cc1cc(Br)cc(Br)c1OC(=O)c1ccccc1. The van der Waals surface area contributed by atoms with Gasteiger partial charge in [-0.3, -0.25) is 9.59 Å². The molecular weight excluding hydrogens is 561 g/mol. The van der Waals surface area contributed by atoms with Gasteiger partial charge in [-0.15, -0.1) is 0 Å². The normalized spacial score (nSPS) is 10.6. The van der Waals surface area contributed by atoms with Crippen molar-refractivity contribution < 1.29 is 23.5 Å². The summed E-state index contributed by atoms with van der Waals surface area (Å²) in [5.41, 5.74) is 3.14. The molecule has 0 aromatic heterocycles. The van der Waals surface area contributed by atoms with E-state index in [0.29, 0.717) is 20.1 Å². The van der Waals surface area contributed by atoms with Crippen LogP contribution in [0.4, 0.5) is 4.39 Å². The molecule has 7 nitrogen and oxygen atoms in total. The summed E-state index contributed by atoms with van der Waals surface area (Å²) in [6, 6.07) is 16.9. The number of hydrogen-bond donors (Lipinski definition) is 2. The molecule has 0 saturated carbocycles. The highest BCUT2D eigenvalue weighted by Crippen LogP contribution is 2.32. The fraction of sp³-hybridized carbons (Fsp3) is 0.0435. The van der Waals surface area contributed by atoms with E-state index in [0.717, 1.165) is 6.07 Å². The number of benzene rings is 3. The molecule has 0 fully saturated rings. The summed E-state index contributed by atoms with van der Waals surface area (Å²) in [4.78, 5) is 36.4. The highest BCUT2D eigenvalue weighted by atomic mass is 79.9. The molecule has 2 amide bonds. The van der Waals surface area contributed by atoms with Gasteiger partial charge in [0, 0.05) is 15.6 Å². The Bertz CT molecular complexity index is 1220. The minimum absolute atomic E-state index is 0.0927.